The fourth-order valence-corrected chi connectivity index (χ4v) is 5.38. The first-order valence-electron chi connectivity index (χ1n) is 15.7. The summed E-state index contributed by atoms with van der Waals surface area (Å²) in [6.07, 6.45) is -15.5. The maximum absolute atomic E-state index is 12.9. The largest absolute Gasteiger partial charge is 0.463 e. The van der Waals surface area contributed by atoms with E-state index in [1.165, 1.54) is 12.1 Å². The van der Waals surface area contributed by atoms with Gasteiger partial charge in [-0.2, -0.15) is 0 Å². The third-order valence-corrected chi connectivity index (χ3v) is 7.74. The van der Waals surface area contributed by atoms with Crippen LogP contribution in [0.15, 0.2) is 35.4 Å². The second-order valence-corrected chi connectivity index (χ2v) is 13.7. The number of rotatable bonds is 13. The van der Waals surface area contributed by atoms with Crippen LogP contribution in [0.4, 0.5) is 0 Å². The first-order valence-corrected chi connectivity index (χ1v) is 16.8. The summed E-state index contributed by atoms with van der Waals surface area (Å²) in [5.41, 5.74) is 9.74. The highest BCUT2D eigenvalue weighted by Gasteiger charge is 2.57. The summed E-state index contributed by atoms with van der Waals surface area (Å²) >= 11 is 17.5. The van der Waals surface area contributed by atoms with Crippen LogP contribution in [0.2, 0.25) is 0 Å². The highest BCUT2D eigenvalue weighted by molar-refractivity contribution is 6.76. The van der Waals surface area contributed by atoms with Crippen LogP contribution in [-0.2, 0) is 71.3 Å². The second kappa shape index (κ2) is 19.8. The molecule has 1 aromatic rings. The standard InChI is InChI=1S/C31H35Cl3N4O16/c1-13(39)45-11-19-23(48-15(3)41)25(49-16(4)42)26(50-17(5)43)29(52-19)53-24-21(37-38-36)28(54-30(35)31(32,33)34)51-20(22(24)47-14(2)40)12-46-27(44)18-9-7-6-8-10-18/h6-10,19-26,28-29,35H,11-12H2,1-5H3/t19-,20-,21-,22+,23+,24-,25+,26-,28+,29+/m1/s1. The molecule has 0 bridgehead atoms. The maximum atomic E-state index is 12.9. The van der Waals surface area contributed by atoms with Gasteiger partial charge in [-0.05, 0) is 17.7 Å². The zero-order valence-corrected chi connectivity index (χ0v) is 31.3. The first kappa shape index (κ1) is 44.0. The van der Waals surface area contributed by atoms with Gasteiger partial charge in [-0.3, -0.25) is 29.4 Å². The monoisotopic (exact) mass is 824 g/mol. The summed E-state index contributed by atoms with van der Waals surface area (Å²) < 4.78 is 53.5. The van der Waals surface area contributed by atoms with Crippen molar-refractivity contribution in [1.29, 1.82) is 5.41 Å². The molecule has 54 heavy (non-hydrogen) atoms. The van der Waals surface area contributed by atoms with Crippen molar-refractivity contribution < 1.29 is 76.1 Å². The molecule has 0 amide bonds. The molecule has 0 aliphatic carbocycles. The molecule has 0 radical (unpaired) electrons. The van der Waals surface area contributed by atoms with Gasteiger partial charge in [0.05, 0.1) is 5.56 Å². The topological polar surface area (TPSA) is 267 Å². The lowest BCUT2D eigenvalue weighted by Gasteiger charge is -2.48. The van der Waals surface area contributed by atoms with Crippen molar-refractivity contribution in [2.45, 2.75) is 99.8 Å². The lowest BCUT2D eigenvalue weighted by molar-refractivity contribution is -0.341. The predicted octanol–water partition coefficient (Wildman–Crippen LogP) is 3.01. The minimum atomic E-state index is -2.48. The zero-order chi connectivity index (χ0) is 40.3. The Kier molecular flexibility index (Phi) is 16.1. The van der Waals surface area contributed by atoms with Crippen molar-refractivity contribution in [2.24, 2.45) is 5.11 Å². The molecule has 23 heteroatoms. The van der Waals surface area contributed by atoms with Gasteiger partial charge in [0.25, 0.3) is 3.79 Å². The second-order valence-electron chi connectivity index (χ2n) is 11.4. The van der Waals surface area contributed by atoms with E-state index in [1.807, 2.05) is 0 Å². The van der Waals surface area contributed by atoms with Crippen molar-refractivity contribution in [1.82, 2.24) is 0 Å². The van der Waals surface area contributed by atoms with Crippen LogP contribution in [0.1, 0.15) is 45.0 Å². The molecule has 10 atom stereocenters. The number of esters is 6. The minimum Gasteiger partial charge on any atom is -0.463 e. The molecule has 2 aliphatic rings. The molecule has 1 aromatic carbocycles. The van der Waals surface area contributed by atoms with E-state index >= 15 is 0 Å². The summed E-state index contributed by atoms with van der Waals surface area (Å²) in [6, 6.07) is 5.92. The number of carbonyl (C=O) groups excluding carboxylic acids is 6. The molecule has 3 rings (SSSR count). The zero-order valence-electron chi connectivity index (χ0n) is 29.1. The van der Waals surface area contributed by atoms with Gasteiger partial charge < -0.3 is 47.4 Å². The van der Waals surface area contributed by atoms with Crippen molar-refractivity contribution in [3.05, 3.63) is 46.3 Å². The SMILES string of the molecule is CC(=O)OC[C@H]1O[C@@H](O[C@@H]2[C@@H](N=[N+]=[N-])[C@H](OC(=N)C(Cl)(Cl)Cl)O[C@H](COC(=O)c3ccccc3)[C@@H]2OC(C)=O)[C@H](OC(C)=O)[C@@H](OC(C)=O)[C@H]1OC(C)=O. The fourth-order valence-electron chi connectivity index (χ4n) is 5.25. The lowest BCUT2D eigenvalue weighted by Crippen LogP contribution is -2.66. The van der Waals surface area contributed by atoms with Gasteiger partial charge in [-0.15, -0.1) is 0 Å². The lowest BCUT2D eigenvalue weighted by atomic mass is 9.95. The average molecular weight is 826 g/mol. The quantitative estimate of drug-likeness (QED) is 0.0438. The van der Waals surface area contributed by atoms with Gasteiger partial charge in [-0.25, -0.2) is 4.79 Å². The maximum Gasteiger partial charge on any atom is 0.338 e. The fraction of sp³-hybridized carbons (Fsp3) is 0.581. The van der Waals surface area contributed by atoms with E-state index in [1.54, 1.807) is 18.2 Å². The third kappa shape index (κ3) is 12.6. The molecule has 0 saturated carbocycles. The Hall–Kier alpha value is -4.43. The Labute approximate surface area is 321 Å². The average Bonchev–Trinajstić information content (AvgIpc) is 3.07. The molecule has 1 N–H and O–H groups in total. The molecule has 2 fully saturated rings. The molecular weight excluding hydrogens is 791 g/mol. The number of ether oxygens (including phenoxy) is 10. The van der Waals surface area contributed by atoms with Gasteiger partial charge in [-0.1, -0.05) is 58.1 Å². The van der Waals surface area contributed by atoms with E-state index in [4.69, 9.17) is 87.6 Å². The number of azide groups is 1. The van der Waals surface area contributed by atoms with Crippen LogP contribution in [0.5, 0.6) is 0 Å². The van der Waals surface area contributed by atoms with Gasteiger partial charge in [0.1, 0.15) is 37.6 Å². The van der Waals surface area contributed by atoms with Crippen LogP contribution in [0.25, 0.3) is 10.4 Å². The van der Waals surface area contributed by atoms with Crippen LogP contribution in [-0.4, -0.2) is 120 Å². The van der Waals surface area contributed by atoms with Crippen molar-refractivity contribution in [3.63, 3.8) is 0 Å². The number of carbonyl (C=O) groups is 6. The Morgan fingerprint density at radius 3 is 1.69 bits per heavy atom. The van der Waals surface area contributed by atoms with Crippen LogP contribution >= 0.6 is 34.8 Å². The highest BCUT2D eigenvalue weighted by Crippen LogP contribution is 2.37. The van der Waals surface area contributed by atoms with Crippen LogP contribution in [0, 0.1) is 5.41 Å². The molecule has 0 aromatic heterocycles. The third-order valence-electron chi connectivity index (χ3n) is 7.22. The van der Waals surface area contributed by atoms with Crippen molar-refractivity contribution >= 4 is 76.5 Å². The Morgan fingerprint density at radius 1 is 0.704 bits per heavy atom. The molecule has 0 spiro atoms. The summed E-state index contributed by atoms with van der Waals surface area (Å²) in [5.74, 6) is -6.46. The van der Waals surface area contributed by atoms with Gasteiger partial charge in [0.15, 0.2) is 30.7 Å². The molecule has 0 unspecified atom stereocenters. The predicted molar refractivity (Wildman–Crippen MR) is 180 cm³/mol. The summed E-state index contributed by atoms with van der Waals surface area (Å²) in [4.78, 5) is 77.0. The normalized spacial score (nSPS) is 27.9. The molecule has 2 heterocycles. The number of nitrogens with one attached hydrogen (secondary N) is 1. The number of nitrogens with zero attached hydrogens (tertiary/aromatic N) is 3. The Bertz CT molecular complexity index is 1610. The van der Waals surface area contributed by atoms with Crippen LogP contribution < -0.4 is 0 Å². The number of alkyl halides is 3. The summed E-state index contributed by atoms with van der Waals surface area (Å²) in [5, 5.41) is 11.8. The Morgan fingerprint density at radius 2 is 1.19 bits per heavy atom. The van der Waals surface area contributed by atoms with E-state index in [2.05, 4.69) is 10.0 Å². The van der Waals surface area contributed by atoms with Crippen LogP contribution in [0.3, 0.4) is 0 Å². The van der Waals surface area contributed by atoms with Gasteiger partial charge >= 0.3 is 35.8 Å². The van der Waals surface area contributed by atoms with E-state index in [-0.39, 0.29) is 5.56 Å². The summed E-state index contributed by atoms with van der Waals surface area (Å²) in [6.45, 7) is 3.73. The van der Waals surface area contributed by atoms with Crippen molar-refractivity contribution in [3.8, 4) is 0 Å². The molecule has 296 valence electrons. The van der Waals surface area contributed by atoms with E-state index in [0.717, 1.165) is 34.6 Å². The Balaban J connectivity index is 2.19. The number of hydrogen-bond acceptors (Lipinski definition) is 18. The molecule has 2 saturated heterocycles. The first-order chi connectivity index (χ1) is 25.3. The van der Waals surface area contributed by atoms with Crippen molar-refractivity contribution in [2.75, 3.05) is 13.2 Å². The van der Waals surface area contributed by atoms with E-state index < -0.39 is 120 Å². The highest BCUT2D eigenvalue weighted by atomic mass is 35.6. The van der Waals surface area contributed by atoms with Gasteiger partial charge in [0.2, 0.25) is 12.2 Å². The number of hydrogen-bond donors (Lipinski definition) is 1. The number of benzene rings is 1. The minimum absolute atomic E-state index is 0.125. The van der Waals surface area contributed by atoms with E-state index in [9.17, 15) is 34.3 Å². The molecule has 20 nitrogen and oxygen atoms in total. The smallest absolute Gasteiger partial charge is 0.338 e. The van der Waals surface area contributed by atoms with E-state index in [0.29, 0.717) is 0 Å². The molecule has 2 aliphatic heterocycles. The van der Waals surface area contributed by atoms with Gasteiger partial charge in [0, 0.05) is 39.5 Å². The molecular formula is C31H35Cl3N4O16. The summed E-state index contributed by atoms with van der Waals surface area (Å²) in [7, 11) is 0. The number of halogens is 3.